The van der Waals surface area contributed by atoms with Crippen molar-refractivity contribution in [1.82, 2.24) is 0 Å². The summed E-state index contributed by atoms with van der Waals surface area (Å²) < 4.78 is 5.10. The van der Waals surface area contributed by atoms with E-state index in [9.17, 15) is 9.59 Å². The Bertz CT molecular complexity index is 1020. The van der Waals surface area contributed by atoms with E-state index < -0.39 is 0 Å². The van der Waals surface area contributed by atoms with Crippen molar-refractivity contribution in [2.75, 3.05) is 23.5 Å². The molecular weight excluding hydrogens is 396 g/mol. The summed E-state index contributed by atoms with van der Waals surface area (Å²) in [6, 6.07) is 24.2. The maximum atomic E-state index is 12.2. The second-order valence-corrected chi connectivity index (χ2v) is 7.38. The molecule has 0 aromatic heterocycles. The smallest absolute Gasteiger partial charge is 0.248 e. The molecule has 0 spiro atoms. The van der Waals surface area contributed by atoms with Crippen molar-refractivity contribution in [3.8, 4) is 5.75 Å². The number of thioether (sulfide) groups is 1. The topological polar surface area (TPSA) is 67.4 Å². The molecule has 0 saturated heterocycles. The summed E-state index contributed by atoms with van der Waals surface area (Å²) in [5.41, 5.74) is 2.35. The Kier molecular flexibility index (Phi) is 7.69. The van der Waals surface area contributed by atoms with Crippen molar-refractivity contribution in [3.05, 3.63) is 90.5 Å². The number of anilines is 2. The van der Waals surface area contributed by atoms with Gasteiger partial charge in [-0.3, -0.25) is 9.59 Å². The number of rotatable bonds is 8. The Morgan fingerprint density at radius 1 is 0.900 bits per heavy atom. The molecule has 6 heteroatoms. The van der Waals surface area contributed by atoms with Gasteiger partial charge in [0, 0.05) is 22.3 Å². The Morgan fingerprint density at radius 2 is 1.67 bits per heavy atom. The van der Waals surface area contributed by atoms with Crippen molar-refractivity contribution in [2.24, 2.45) is 0 Å². The molecule has 2 amide bonds. The maximum absolute atomic E-state index is 12.2. The Hall–Kier alpha value is -3.51. The van der Waals surface area contributed by atoms with Gasteiger partial charge in [-0.2, -0.15) is 0 Å². The van der Waals surface area contributed by atoms with Gasteiger partial charge in [-0.15, -0.1) is 11.8 Å². The standard InChI is InChI=1S/C24H22N2O3S/c1-29-21-13-11-19(12-14-21)25-24(28)17-30-22-9-5-8-20(16-22)26-23(27)15-10-18-6-3-2-4-7-18/h2-16H,17H2,1H3,(H,25,28)(H,26,27)/b15-10+. The van der Waals surface area contributed by atoms with Crippen LogP contribution in [0.15, 0.2) is 89.8 Å². The highest BCUT2D eigenvalue weighted by Gasteiger charge is 2.06. The second-order valence-electron chi connectivity index (χ2n) is 6.33. The lowest BCUT2D eigenvalue weighted by Gasteiger charge is -2.08. The van der Waals surface area contributed by atoms with E-state index in [1.807, 2.05) is 54.6 Å². The van der Waals surface area contributed by atoms with Crippen LogP contribution in [0, 0.1) is 0 Å². The summed E-state index contributed by atoms with van der Waals surface area (Å²) >= 11 is 1.40. The van der Waals surface area contributed by atoms with E-state index in [2.05, 4.69) is 10.6 Å². The normalized spacial score (nSPS) is 10.6. The third-order valence-corrected chi connectivity index (χ3v) is 5.07. The van der Waals surface area contributed by atoms with Crippen molar-refractivity contribution < 1.29 is 14.3 Å². The van der Waals surface area contributed by atoms with Crippen LogP contribution in [0.3, 0.4) is 0 Å². The van der Waals surface area contributed by atoms with E-state index in [1.54, 1.807) is 37.5 Å². The zero-order chi connectivity index (χ0) is 21.2. The quantitative estimate of drug-likeness (QED) is 0.396. The average molecular weight is 419 g/mol. The first kappa shape index (κ1) is 21.2. The van der Waals surface area contributed by atoms with Gasteiger partial charge in [0.1, 0.15) is 5.75 Å². The van der Waals surface area contributed by atoms with E-state index in [1.165, 1.54) is 17.8 Å². The largest absolute Gasteiger partial charge is 0.497 e. The minimum atomic E-state index is -0.210. The molecule has 0 unspecified atom stereocenters. The van der Waals surface area contributed by atoms with Crippen molar-refractivity contribution >= 4 is 41.0 Å². The van der Waals surface area contributed by atoms with E-state index in [-0.39, 0.29) is 17.6 Å². The fourth-order valence-corrected chi connectivity index (χ4v) is 3.36. The molecule has 0 aliphatic carbocycles. The highest BCUT2D eigenvalue weighted by Crippen LogP contribution is 2.22. The van der Waals surface area contributed by atoms with Crippen LogP contribution in [0.25, 0.3) is 6.08 Å². The monoisotopic (exact) mass is 418 g/mol. The van der Waals surface area contributed by atoms with Crippen LogP contribution in [-0.4, -0.2) is 24.7 Å². The molecule has 0 aliphatic heterocycles. The Morgan fingerprint density at radius 3 is 2.40 bits per heavy atom. The molecule has 0 atom stereocenters. The number of ether oxygens (including phenoxy) is 1. The molecule has 2 N–H and O–H groups in total. The van der Waals surface area contributed by atoms with Gasteiger partial charge < -0.3 is 15.4 Å². The SMILES string of the molecule is COc1ccc(NC(=O)CSc2cccc(NC(=O)/C=C/c3ccccc3)c2)cc1. The lowest BCUT2D eigenvalue weighted by molar-refractivity contribution is -0.114. The number of amides is 2. The molecule has 0 fully saturated rings. The van der Waals surface area contributed by atoms with E-state index in [0.717, 1.165) is 16.2 Å². The van der Waals surface area contributed by atoms with Crippen molar-refractivity contribution in [3.63, 3.8) is 0 Å². The molecule has 0 bridgehead atoms. The van der Waals surface area contributed by atoms with Crippen LogP contribution in [0.2, 0.25) is 0 Å². The van der Waals surface area contributed by atoms with Gasteiger partial charge in [0.2, 0.25) is 11.8 Å². The molecule has 3 aromatic rings. The first-order valence-corrected chi connectivity index (χ1v) is 10.3. The van der Waals surface area contributed by atoms with Gasteiger partial charge in [0.05, 0.1) is 12.9 Å². The maximum Gasteiger partial charge on any atom is 0.248 e. The summed E-state index contributed by atoms with van der Waals surface area (Å²) in [6.07, 6.45) is 3.26. The molecule has 0 aliphatic rings. The molecule has 0 radical (unpaired) electrons. The summed E-state index contributed by atoms with van der Waals surface area (Å²) in [4.78, 5) is 25.2. The van der Waals surface area contributed by atoms with Crippen LogP contribution in [0.1, 0.15) is 5.56 Å². The Balaban J connectivity index is 1.50. The average Bonchev–Trinajstić information content (AvgIpc) is 2.78. The van der Waals surface area contributed by atoms with Crippen molar-refractivity contribution in [2.45, 2.75) is 4.90 Å². The van der Waals surface area contributed by atoms with Crippen LogP contribution >= 0.6 is 11.8 Å². The van der Waals surface area contributed by atoms with Crippen LogP contribution in [0.4, 0.5) is 11.4 Å². The Labute approximate surface area is 180 Å². The van der Waals surface area contributed by atoms with E-state index in [0.29, 0.717) is 11.4 Å². The van der Waals surface area contributed by atoms with E-state index >= 15 is 0 Å². The fraction of sp³-hybridized carbons (Fsp3) is 0.0833. The number of carbonyl (C=O) groups excluding carboxylic acids is 2. The first-order chi connectivity index (χ1) is 14.6. The molecule has 152 valence electrons. The minimum absolute atomic E-state index is 0.106. The molecular formula is C24H22N2O3S. The van der Waals surface area contributed by atoms with Gasteiger partial charge in [-0.25, -0.2) is 0 Å². The fourth-order valence-electron chi connectivity index (χ4n) is 2.60. The lowest BCUT2D eigenvalue weighted by atomic mass is 10.2. The zero-order valence-corrected chi connectivity index (χ0v) is 17.3. The van der Waals surface area contributed by atoms with E-state index in [4.69, 9.17) is 4.74 Å². The molecule has 5 nitrogen and oxygen atoms in total. The predicted molar refractivity (Wildman–Crippen MR) is 123 cm³/mol. The minimum Gasteiger partial charge on any atom is -0.497 e. The van der Waals surface area contributed by atoms with Gasteiger partial charge in [0.15, 0.2) is 0 Å². The van der Waals surface area contributed by atoms with Gasteiger partial charge in [0.25, 0.3) is 0 Å². The van der Waals surface area contributed by atoms with Crippen LogP contribution < -0.4 is 15.4 Å². The first-order valence-electron chi connectivity index (χ1n) is 9.33. The molecule has 3 aromatic carbocycles. The van der Waals surface area contributed by atoms with Gasteiger partial charge in [-0.05, 0) is 54.1 Å². The van der Waals surface area contributed by atoms with Crippen LogP contribution in [0.5, 0.6) is 5.75 Å². The number of nitrogens with one attached hydrogen (secondary N) is 2. The molecule has 0 heterocycles. The third-order valence-electron chi connectivity index (χ3n) is 4.07. The third kappa shape index (κ3) is 6.83. The number of hydrogen-bond donors (Lipinski definition) is 2. The zero-order valence-electron chi connectivity index (χ0n) is 16.5. The number of hydrogen-bond acceptors (Lipinski definition) is 4. The molecule has 0 saturated carbocycles. The predicted octanol–water partition coefficient (Wildman–Crippen LogP) is 5.08. The number of methoxy groups -OCH3 is 1. The summed E-state index contributed by atoms with van der Waals surface area (Å²) in [7, 11) is 1.60. The van der Waals surface area contributed by atoms with Gasteiger partial charge in [-0.1, -0.05) is 36.4 Å². The highest BCUT2D eigenvalue weighted by molar-refractivity contribution is 8.00. The number of benzene rings is 3. The number of carbonyl (C=O) groups is 2. The highest BCUT2D eigenvalue weighted by atomic mass is 32.2. The second kappa shape index (κ2) is 10.9. The molecule has 3 rings (SSSR count). The summed E-state index contributed by atoms with van der Waals surface area (Å²) in [5, 5.41) is 5.69. The van der Waals surface area contributed by atoms with Gasteiger partial charge >= 0.3 is 0 Å². The summed E-state index contributed by atoms with van der Waals surface area (Å²) in [6.45, 7) is 0. The molecule has 30 heavy (non-hydrogen) atoms. The van der Waals surface area contributed by atoms with Crippen molar-refractivity contribution in [1.29, 1.82) is 0 Å². The van der Waals surface area contributed by atoms with Crippen LogP contribution in [-0.2, 0) is 9.59 Å². The summed E-state index contributed by atoms with van der Waals surface area (Å²) in [5.74, 6) is 0.681. The lowest BCUT2D eigenvalue weighted by Crippen LogP contribution is -2.13.